The molecule has 0 aliphatic rings. The number of ether oxygens (including phenoxy) is 2. The van der Waals surface area contributed by atoms with Crippen molar-refractivity contribution in [2.24, 2.45) is 0 Å². The van der Waals surface area contributed by atoms with Crippen LogP contribution in [-0.2, 0) is 6.61 Å². The topological polar surface area (TPSA) is 44.5 Å². The third kappa shape index (κ3) is 3.66. The number of oxazole rings is 1. The van der Waals surface area contributed by atoms with Gasteiger partial charge in [-0.25, -0.2) is 4.98 Å². The van der Waals surface area contributed by atoms with E-state index in [1.807, 2.05) is 67.6 Å². The maximum absolute atomic E-state index is 5.82. The van der Waals surface area contributed by atoms with Gasteiger partial charge in [0.1, 0.15) is 18.6 Å². The lowest BCUT2D eigenvalue weighted by Crippen LogP contribution is -1.98. The quantitative estimate of drug-likeness (QED) is 0.643. The minimum Gasteiger partial charge on any atom is -0.493 e. The number of allylic oxidation sites excluding steroid dienone is 1. The number of hydrogen-bond acceptors (Lipinski definition) is 4. The molecule has 24 heavy (non-hydrogen) atoms. The van der Waals surface area contributed by atoms with Gasteiger partial charge in [-0.2, -0.15) is 0 Å². The maximum atomic E-state index is 5.82. The van der Waals surface area contributed by atoms with Crippen LogP contribution < -0.4 is 9.47 Å². The van der Waals surface area contributed by atoms with Gasteiger partial charge < -0.3 is 13.9 Å². The van der Waals surface area contributed by atoms with Gasteiger partial charge in [-0.3, -0.25) is 0 Å². The summed E-state index contributed by atoms with van der Waals surface area (Å²) in [5.41, 5.74) is 2.74. The molecule has 4 heteroatoms. The fourth-order valence-electron chi connectivity index (χ4n) is 2.34. The summed E-state index contributed by atoms with van der Waals surface area (Å²) in [6.07, 6.45) is 5.61. The Balaban J connectivity index is 1.71. The lowest BCUT2D eigenvalue weighted by Gasteiger charge is -2.10. The molecule has 2 aromatic carbocycles. The lowest BCUT2D eigenvalue weighted by atomic mass is 10.2. The van der Waals surface area contributed by atoms with E-state index >= 15 is 0 Å². The van der Waals surface area contributed by atoms with Crippen molar-refractivity contribution >= 4 is 6.08 Å². The zero-order valence-corrected chi connectivity index (χ0v) is 13.7. The van der Waals surface area contributed by atoms with Gasteiger partial charge in [0.2, 0.25) is 5.89 Å². The van der Waals surface area contributed by atoms with Gasteiger partial charge in [0.05, 0.1) is 7.11 Å². The van der Waals surface area contributed by atoms with Crippen molar-refractivity contribution < 1.29 is 13.9 Å². The summed E-state index contributed by atoms with van der Waals surface area (Å²) in [4.78, 5) is 4.45. The highest BCUT2D eigenvalue weighted by Gasteiger charge is 2.09. The number of methoxy groups -OCH3 is 1. The van der Waals surface area contributed by atoms with E-state index in [1.54, 1.807) is 13.4 Å². The molecule has 0 spiro atoms. The molecular weight excluding hydrogens is 302 g/mol. The first-order valence-corrected chi connectivity index (χ1v) is 7.73. The summed E-state index contributed by atoms with van der Waals surface area (Å²) < 4.78 is 16.7. The molecule has 0 saturated heterocycles. The fourth-order valence-corrected chi connectivity index (χ4v) is 2.34. The highest BCUT2D eigenvalue weighted by molar-refractivity contribution is 5.56. The first kappa shape index (κ1) is 15.9. The molecule has 0 amide bonds. The third-order valence-corrected chi connectivity index (χ3v) is 3.49. The zero-order valence-electron chi connectivity index (χ0n) is 13.7. The van der Waals surface area contributed by atoms with E-state index < -0.39 is 0 Å². The molecule has 0 fully saturated rings. The Morgan fingerprint density at radius 3 is 2.67 bits per heavy atom. The van der Waals surface area contributed by atoms with Gasteiger partial charge in [0, 0.05) is 5.56 Å². The normalized spacial score (nSPS) is 10.9. The average Bonchev–Trinajstić information content (AvgIpc) is 3.10. The number of rotatable bonds is 6. The third-order valence-electron chi connectivity index (χ3n) is 3.49. The van der Waals surface area contributed by atoms with Crippen LogP contribution in [0.5, 0.6) is 11.5 Å². The van der Waals surface area contributed by atoms with E-state index in [4.69, 9.17) is 13.9 Å². The number of benzene rings is 2. The number of hydrogen-bond donors (Lipinski definition) is 0. The van der Waals surface area contributed by atoms with Crippen LogP contribution in [0.25, 0.3) is 17.5 Å². The van der Waals surface area contributed by atoms with E-state index in [9.17, 15) is 0 Å². The van der Waals surface area contributed by atoms with Crippen LogP contribution in [0.15, 0.2) is 65.3 Å². The van der Waals surface area contributed by atoms with E-state index in [0.29, 0.717) is 24.0 Å². The number of aromatic nitrogens is 1. The first-order valence-electron chi connectivity index (χ1n) is 7.73. The van der Waals surface area contributed by atoms with Crippen LogP contribution >= 0.6 is 0 Å². The van der Waals surface area contributed by atoms with Crippen LogP contribution in [-0.4, -0.2) is 12.1 Å². The maximum Gasteiger partial charge on any atom is 0.226 e. The molecule has 0 bridgehead atoms. The second-order valence-corrected chi connectivity index (χ2v) is 5.21. The largest absolute Gasteiger partial charge is 0.493 e. The molecule has 1 aromatic heterocycles. The Kier molecular flexibility index (Phi) is 4.96. The Labute approximate surface area is 141 Å². The minimum absolute atomic E-state index is 0.315. The molecular formula is C20H19NO3. The highest BCUT2D eigenvalue weighted by Crippen LogP contribution is 2.29. The van der Waals surface area contributed by atoms with E-state index in [1.165, 1.54) is 0 Å². The van der Waals surface area contributed by atoms with Gasteiger partial charge in [-0.1, -0.05) is 36.4 Å². The molecule has 4 nitrogen and oxygen atoms in total. The Morgan fingerprint density at radius 1 is 1.08 bits per heavy atom. The minimum atomic E-state index is 0.315. The van der Waals surface area contributed by atoms with Crippen molar-refractivity contribution in [3.8, 4) is 23.0 Å². The molecule has 0 atom stereocenters. The SMILES string of the molecule is C/C=C\c1ccc(OCc2coc(-c3ccccc3)n2)c(OC)c1. The number of nitrogens with zero attached hydrogens (tertiary/aromatic N) is 1. The van der Waals surface area contributed by atoms with Crippen molar-refractivity contribution in [1.29, 1.82) is 0 Å². The highest BCUT2D eigenvalue weighted by atomic mass is 16.5. The van der Waals surface area contributed by atoms with Gasteiger partial charge in [0.15, 0.2) is 11.5 Å². The lowest BCUT2D eigenvalue weighted by molar-refractivity contribution is 0.280. The summed E-state index contributed by atoms with van der Waals surface area (Å²) in [5, 5.41) is 0. The van der Waals surface area contributed by atoms with Crippen molar-refractivity contribution in [2.45, 2.75) is 13.5 Å². The van der Waals surface area contributed by atoms with E-state index in [-0.39, 0.29) is 0 Å². The molecule has 122 valence electrons. The van der Waals surface area contributed by atoms with E-state index in [2.05, 4.69) is 4.98 Å². The standard InChI is InChI=1S/C20H19NO3/c1-3-7-15-10-11-18(19(12-15)22-2)23-13-17-14-24-20(21-17)16-8-5-4-6-9-16/h3-12,14H,13H2,1-2H3/b7-3-. The van der Waals surface area contributed by atoms with Gasteiger partial charge in [-0.05, 0) is 36.8 Å². The van der Waals surface area contributed by atoms with Gasteiger partial charge in [-0.15, -0.1) is 0 Å². The van der Waals surface area contributed by atoms with Gasteiger partial charge in [0.25, 0.3) is 0 Å². The second kappa shape index (κ2) is 7.51. The smallest absolute Gasteiger partial charge is 0.226 e. The molecule has 1 heterocycles. The average molecular weight is 321 g/mol. The summed E-state index contributed by atoms with van der Waals surface area (Å²) >= 11 is 0. The summed E-state index contributed by atoms with van der Waals surface area (Å²) in [6.45, 7) is 2.29. The zero-order chi connectivity index (χ0) is 16.8. The molecule has 0 radical (unpaired) electrons. The predicted molar refractivity (Wildman–Crippen MR) is 94.0 cm³/mol. The van der Waals surface area contributed by atoms with Crippen molar-refractivity contribution in [1.82, 2.24) is 4.98 Å². The second-order valence-electron chi connectivity index (χ2n) is 5.21. The van der Waals surface area contributed by atoms with Crippen LogP contribution in [0.1, 0.15) is 18.2 Å². The van der Waals surface area contributed by atoms with Crippen molar-refractivity contribution in [3.05, 3.63) is 72.1 Å². The molecule has 0 aliphatic carbocycles. The van der Waals surface area contributed by atoms with Crippen LogP contribution in [0, 0.1) is 0 Å². The molecule has 3 rings (SSSR count). The Bertz CT molecular complexity index is 822. The van der Waals surface area contributed by atoms with E-state index in [0.717, 1.165) is 16.8 Å². The molecule has 0 aliphatic heterocycles. The first-order chi connectivity index (χ1) is 11.8. The molecule has 0 N–H and O–H groups in total. The molecule has 0 unspecified atom stereocenters. The Morgan fingerprint density at radius 2 is 1.92 bits per heavy atom. The van der Waals surface area contributed by atoms with Crippen LogP contribution in [0.3, 0.4) is 0 Å². The van der Waals surface area contributed by atoms with Crippen LogP contribution in [0.2, 0.25) is 0 Å². The fraction of sp³-hybridized carbons (Fsp3) is 0.150. The molecule has 0 saturated carbocycles. The molecule has 3 aromatic rings. The summed E-state index contributed by atoms with van der Waals surface area (Å²) in [7, 11) is 1.63. The van der Waals surface area contributed by atoms with Crippen molar-refractivity contribution in [3.63, 3.8) is 0 Å². The summed E-state index contributed by atoms with van der Waals surface area (Å²) in [5.74, 6) is 1.96. The predicted octanol–water partition coefficient (Wildman–Crippen LogP) is 4.96. The monoisotopic (exact) mass is 321 g/mol. The Hall–Kier alpha value is -3.01. The van der Waals surface area contributed by atoms with Crippen molar-refractivity contribution in [2.75, 3.05) is 7.11 Å². The van der Waals surface area contributed by atoms with Gasteiger partial charge >= 0.3 is 0 Å². The van der Waals surface area contributed by atoms with Crippen LogP contribution in [0.4, 0.5) is 0 Å². The summed E-state index contributed by atoms with van der Waals surface area (Å²) in [6, 6.07) is 15.6.